The molecule has 6 N–H and O–H groups in total. The number of nitrogens with one attached hydrogen (secondary N) is 2. The van der Waals surface area contributed by atoms with Crippen LogP contribution < -0.4 is 10.6 Å². The van der Waals surface area contributed by atoms with Crippen molar-refractivity contribution in [2.24, 2.45) is 0 Å². The smallest absolute Gasteiger partial charge is 0.271 e. The van der Waals surface area contributed by atoms with Crippen molar-refractivity contribution >= 4 is 17.5 Å². The predicted molar refractivity (Wildman–Crippen MR) is 83.9 cm³/mol. The molecule has 15 heteroatoms. The summed E-state index contributed by atoms with van der Waals surface area (Å²) in [5, 5.41) is 51.3. The molecule has 0 bridgehead atoms. The first-order chi connectivity index (χ1) is 11.8. The molecule has 0 aliphatic carbocycles. The number of nitrogens with zero attached hydrogens (tertiary/aromatic N) is 1. The minimum absolute atomic E-state index is 0. The van der Waals surface area contributed by atoms with Gasteiger partial charge in [0.15, 0.2) is 0 Å². The Bertz CT molecular complexity index is 609. The van der Waals surface area contributed by atoms with Crippen molar-refractivity contribution in [2.45, 2.75) is 12.2 Å². The molecule has 1 aromatic carbocycles. The van der Waals surface area contributed by atoms with Gasteiger partial charge in [-0.3, -0.25) is 19.7 Å². The second kappa shape index (κ2) is 21.7. The Balaban J connectivity index is -0.000000781. The number of carbonyl (C=O) groups excluding carboxylic acids is 2. The van der Waals surface area contributed by atoms with Crippen LogP contribution in [0.1, 0.15) is 20.7 Å². The van der Waals surface area contributed by atoms with Crippen molar-refractivity contribution in [3.05, 3.63) is 39.4 Å². The number of non-ortho nitro benzene ring substituents is 1. The Morgan fingerprint density at radius 2 is 1.21 bits per heavy atom. The molecule has 2 atom stereocenters. The molecular formula is C14H19Ac4N3O8. The summed E-state index contributed by atoms with van der Waals surface area (Å²) in [6.45, 7) is -1.70. The second-order valence-electron chi connectivity index (χ2n) is 5.12. The van der Waals surface area contributed by atoms with Crippen molar-refractivity contribution in [3.63, 3.8) is 0 Å². The summed E-state index contributed by atoms with van der Waals surface area (Å²) in [6, 6.07) is 3.02. The van der Waals surface area contributed by atoms with Crippen LogP contribution in [-0.4, -0.2) is 75.7 Å². The zero-order valence-corrected chi connectivity index (χ0v) is 34.4. The number of hydrogen-bond acceptors (Lipinski definition) is 8. The number of nitro benzene ring substituents is 1. The number of aliphatic hydroxyl groups excluding tert-OH is 4. The average Bonchev–Trinajstić information content (AvgIpc) is 2.62. The molecule has 2 amide bonds. The van der Waals surface area contributed by atoms with E-state index in [1.807, 2.05) is 0 Å². The molecule has 4 radical (unpaired) electrons. The fourth-order valence-corrected chi connectivity index (χ4v) is 1.73. The summed E-state index contributed by atoms with van der Waals surface area (Å²) in [4.78, 5) is 34.2. The Hall–Kier alpha value is 3.17. The van der Waals surface area contributed by atoms with E-state index >= 15 is 0 Å². The van der Waals surface area contributed by atoms with Gasteiger partial charge < -0.3 is 31.1 Å². The van der Waals surface area contributed by atoms with Gasteiger partial charge in [0, 0.05) is 213 Å². The average molecular weight is 1270 g/mol. The molecule has 0 aromatic heterocycles. The molecule has 0 spiro atoms. The third kappa shape index (κ3) is 15.6. The number of amides is 2. The van der Waals surface area contributed by atoms with Crippen LogP contribution in [0.3, 0.4) is 0 Å². The van der Waals surface area contributed by atoms with E-state index in [9.17, 15) is 29.9 Å². The van der Waals surface area contributed by atoms with Crippen LogP contribution in [0.2, 0.25) is 0 Å². The van der Waals surface area contributed by atoms with Gasteiger partial charge in [0.1, 0.15) is 0 Å². The molecule has 11 nitrogen and oxygen atoms in total. The normalized spacial score (nSPS) is 11.2. The van der Waals surface area contributed by atoms with Gasteiger partial charge in [0.05, 0.1) is 30.3 Å². The summed E-state index contributed by atoms with van der Waals surface area (Å²) in [6.07, 6.45) is -2.38. The van der Waals surface area contributed by atoms with E-state index < -0.39 is 47.8 Å². The number of hydrogen-bond donors (Lipinski definition) is 6. The van der Waals surface area contributed by atoms with Crippen molar-refractivity contribution in [2.75, 3.05) is 26.3 Å². The quantitative estimate of drug-likeness (QED) is 0.119. The molecular weight excluding hydrogens is 1250 g/mol. The molecule has 0 aliphatic rings. The van der Waals surface area contributed by atoms with Gasteiger partial charge in [-0.25, -0.2) is 0 Å². The van der Waals surface area contributed by atoms with Crippen LogP contribution >= 0.6 is 0 Å². The van der Waals surface area contributed by atoms with Crippen molar-refractivity contribution in [1.29, 1.82) is 0 Å². The first kappa shape index (κ1) is 39.4. The molecule has 2 unspecified atom stereocenters. The SMILES string of the molecule is O=C(NCC(O)CO)c1cc(C(=O)NCC(O)CO)cc([N+](=O)[O-])c1.[Ac].[Ac].[Ac].[Ac]. The fraction of sp³-hybridized carbons (Fsp3) is 0.429. The fourth-order valence-electron chi connectivity index (χ4n) is 1.73. The van der Waals surface area contributed by atoms with Crippen molar-refractivity contribution in [3.8, 4) is 0 Å². The van der Waals surface area contributed by atoms with Gasteiger partial charge in [-0.1, -0.05) is 0 Å². The van der Waals surface area contributed by atoms with E-state index in [-0.39, 0.29) is 200 Å². The first-order valence-electron chi connectivity index (χ1n) is 7.22. The molecule has 0 saturated carbocycles. The largest absolute Gasteiger partial charge is 0.394 e. The summed E-state index contributed by atoms with van der Waals surface area (Å²) < 4.78 is 0. The second-order valence-corrected chi connectivity index (χ2v) is 5.12. The van der Waals surface area contributed by atoms with Gasteiger partial charge >= 0.3 is 0 Å². The zero-order valence-electron chi connectivity index (χ0n) is 15.4. The maximum atomic E-state index is 12.0. The summed E-state index contributed by atoms with van der Waals surface area (Å²) in [5.41, 5.74) is -0.873. The van der Waals surface area contributed by atoms with E-state index in [0.717, 1.165) is 18.2 Å². The molecule has 0 fully saturated rings. The number of carbonyl (C=O) groups is 2. The minimum atomic E-state index is -1.19. The maximum absolute atomic E-state index is 12.0. The third-order valence-corrected chi connectivity index (χ3v) is 3.07. The van der Waals surface area contributed by atoms with Gasteiger partial charge in [-0.05, 0) is 6.07 Å². The molecule has 150 valence electrons. The molecule has 0 aliphatic heterocycles. The summed E-state index contributed by atoms with van der Waals surface area (Å²) in [7, 11) is 0. The Labute approximate surface area is 310 Å². The summed E-state index contributed by atoms with van der Waals surface area (Å²) >= 11 is 0. The Morgan fingerprint density at radius 3 is 1.48 bits per heavy atom. The van der Waals surface area contributed by atoms with Crippen LogP contribution in [0.15, 0.2) is 18.2 Å². The van der Waals surface area contributed by atoms with Gasteiger partial charge in [0.2, 0.25) is 0 Å². The van der Waals surface area contributed by atoms with E-state index in [1.165, 1.54) is 0 Å². The molecule has 0 saturated heterocycles. The summed E-state index contributed by atoms with van der Waals surface area (Å²) in [5.74, 6) is -1.55. The standard InChI is InChI=1S/C14H19N3O8.4Ac/c18-6-11(20)4-15-13(22)8-1-9(3-10(2-8)17(24)25)14(23)16-5-12(21)7-19;;;;/h1-3,11-12,18-21H,4-7H2,(H,15,22)(H,16,23);;;;. The predicted octanol–water partition coefficient (Wildman–Crippen LogP) is -2.24. The number of aliphatic hydroxyl groups is 4. The van der Waals surface area contributed by atoms with Gasteiger partial charge in [-0.15, -0.1) is 0 Å². The number of benzene rings is 1. The molecule has 29 heavy (non-hydrogen) atoms. The van der Waals surface area contributed by atoms with Crippen molar-refractivity contribution in [1.82, 2.24) is 10.6 Å². The minimum Gasteiger partial charge on any atom is -0.394 e. The third-order valence-electron chi connectivity index (χ3n) is 3.07. The Kier molecular flexibility index (Phi) is 29.4. The topological polar surface area (TPSA) is 182 Å². The monoisotopic (exact) mass is 1270 g/mol. The molecule has 1 aromatic rings. The first-order valence-corrected chi connectivity index (χ1v) is 7.22. The van der Waals surface area contributed by atoms with Crippen LogP contribution in [-0.2, 0) is 0 Å². The van der Waals surface area contributed by atoms with Crippen molar-refractivity contribution < 1.29 is 211 Å². The van der Waals surface area contributed by atoms with Crippen LogP contribution in [0.25, 0.3) is 0 Å². The zero-order chi connectivity index (χ0) is 19.0. The van der Waals surface area contributed by atoms with E-state index in [1.54, 1.807) is 0 Å². The van der Waals surface area contributed by atoms with Crippen LogP contribution in [0.5, 0.6) is 0 Å². The van der Waals surface area contributed by atoms with Gasteiger partial charge in [0.25, 0.3) is 17.5 Å². The van der Waals surface area contributed by atoms with Crippen LogP contribution in [0, 0.1) is 186 Å². The van der Waals surface area contributed by atoms with E-state index in [0.29, 0.717) is 0 Å². The maximum Gasteiger partial charge on any atom is 0.271 e. The Morgan fingerprint density at radius 1 is 0.862 bits per heavy atom. The van der Waals surface area contributed by atoms with E-state index in [4.69, 9.17) is 10.2 Å². The number of nitro groups is 1. The van der Waals surface area contributed by atoms with Crippen LogP contribution in [0.4, 0.5) is 5.69 Å². The number of rotatable bonds is 9. The molecule has 0 heterocycles. The molecule has 1 rings (SSSR count). The van der Waals surface area contributed by atoms with E-state index in [2.05, 4.69) is 10.6 Å². The van der Waals surface area contributed by atoms with Gasteiger partial charge in [-0.2, -0.15) is 0 Å².